The van der Waals surface area contributed by atoms with Crippen molar-refractivity contribution in [3.63, 3.8) is 0 Å². The lowest BCUT2D eigenvalue weighted by Gasteiger charge is -2.14. The number of nitriles is 1. The van der Waals surface area contributed by atoms with Crippen molar-refractivity contribution in [3.05, 3.63) is 58.5 Å². The highest BCUT2D eigenvalue weighted by atomic mass is 32.1. The standard InChI is InChI=1S/C22H21N3O3S/c1-14-5-7-15(8-6-14)18-13-29-22(25-18)16(11-23)12-24-17-9-19(26-2)21(28-4)20(10-17)27-3/h5-10,12-13,24H,1-4H3. The van der Waals surface area contributed by atoms with Crippen LogP contribution in [0.5, 0.6) is 17.2 Å². The molecule has 1 aromatic heterocycles. The van der Waals surface area contributed by atoms with Crippen LogP contribution in [0.3, 0.4) is 0 Å². The third kappa shape index (κ3) is 4.50. The molecule has 0 unspecified atom stereocenters. The fourth-order valence-electron chi connectivity index (χ4n) is 2.72. The zero-order valence-electron chi connectivity index (χ0n) is 16.6. The summed E-state index contributed by atoms with van der Waals surface area (Å²) in [7, 11) is 4.66. The highest BCUT2D eigenvalue weighted by Gasteiger charge is 2.13. The second-order valence-corrected chi connectivity index (χ2v) is 6.99. The molecule has 0 fully saturated rings. The van der Waals surface area contributed by atoms with Crippen LogP contribution in [-0.2, 0) is 0 Å². The number of aryl methyl sites for hydroxylation is 1. The van der Waals surface area contributed by atoms with Crippen LogP contribution < -0.4 is 19.5 Å². The normalized spacial score (nSPS) is 10.9. The van der Waals surface area contributed by atoms with Gasteiger partial charge in [0.15, 0.2) is 11.5 Å². The maximum atomic E-state index is 9.60. The van der Waals surface area contributed by atoms with Crippen molar-refractivity contribution >= 4 is 22.6 Å². The number of rotatable bonds is 7. The van der Waals surface area contributed by atoms with E-state index >= 15 is 0 Å². The first-order valence-corrected chi connectivity index (χ1v) is 9.67. The topological polar surface area (TPSA) is 76.4 Å². The minimum Gasteiger partial charge on any atom is -0.493 e. The molecule has 0 amide bonds. The summed E-state index contributed by atoms with van der Waals surface area (Å²) < 4.78 is 16.0. The number of thiazole rings is 1. The van der Waals surface area contributed by atoms with Crippen molar-refractivity contribution in [3.8, 4) is 34.6 Å². The van der Waals surface area contributed by atoms with Crippen LogP contribution in [0, 0.1) is 18.3 Å². The predicted molar refractivity (Wildman–Crippen MR) is 116 cm³/mol. The fourth-order valence-corrected chi connectivity index (χ4v) is 3.51. The average molecular weight is 407 g/mol. The number of methoxy groups -OCH3 is 3. The second-order valence-electron chi connectivity index (χ2n) is 6.13. The highest BCUT2D eigenvalue weighted by molar-refractivity contribution is 7.11. The molecule has 0 spiro atoms. The number of ether oxygens (including phenoxy) is 3. The van der Waals surface area contributed by atoms with Gasteiger partial charge in [-0.1, -0.05) is 29.8 Å². The summed E-state index contributed by atoms with van der Waals surface area (Å²) in [5, 5.41) is 15.3. The van der Waals surface area contributed by atoms with Crippen molar-refractivity contribution in [2.24, 2.45) is 0 Å². The first-order chi connectivity index (χ1) is 14.1. The molecule has 3 aromatic rings. The molecule has 0 aliphatic carbocycles. The van der Waals surface area contributed by atoms with E-state index in [9.17, 15) is 5.26 Å². The Bertz CT molecular complexity index is 1040. The van der Waals surface area contributed by atoms with Gasteiger partial charge < -0.3 is 19.5 Å². The Morgan fingerprint density at radius 2 is 1.72 bits per heavy atom. The van der Waals surface area contributed by atoms with Crippen LogP contribution in [0.15, 0.2) is 48.0 Å². The molecule has 6 nitrogen and oxygen atoms in total. The van der Waals surface area contributed by atoms with Crippen LogP contribution in [-0.4, -0.2) is 26.3 Å². The van der Waals surface area contributed by atoms with E-state index in [1.165, 1.54) is 16.9 Å². The molecule has 0 radical (unpaired) electrons. The highest BCUT2D eigenvalue weighted by Crippen LogP contribution is 2.40. The van der Waals surface area contributed by atoms with Gasteiger partial charge in [0.05, 0.1) is 27.0 Å². The van der Waals surface area contributed by atoms with E-state index in [-0.39, 0.29) is 0 Å². The third-order valence-electron chi connectivity index (χ3n) is 4.25. The molecular weight excluding hydrogens is 386 g/mol. The first-order valence-electron chi connectivity index (χ1n) is 8.79. The molecule has 0 saturated carbocycles. The second kappa shape index (κ2) is 9.13. The molecule has 0 bridgehead atoms. The molecule has 0 aliphatic heterocycles. The molecule has 3 rings (SSSR count). The van der Waals surface area contributed by atoms with Crippen LogP contribution in [0.25, 0.3) is 16.8 Å². The molecular formula is C22H21N3O3S. The van der Waals surface area contributed by atoms with Crippen LogP contribution in [0.2, 0.25) is 0 Å². The van der Waals surface area contributed by atoms with Gasteiger partial charge in [-0.3, -0.25) is 0 Å². The number of nitrogens with one attached hydrogen (secondary N) is 1. The number of hydrogen-bond acceptors (Lipinski definition) is 7. The number of benzene rings is 2. The molecule has 0 aliphatic rings. The van der Waals surface area contributed by atoms with E-state index in [0.29, 0.717) is 33.5 Å². The molecule has 29 heavy (non-hydrogen) atoms. The van der Waals surface area contributed by atoms with E-state index < -0.39 is 0 Å². The minimum absolute atomic E-state index is 0.433. The molecule has 0 saturated heterocycles. The van der Waals surface area contributed by atoms with Gasteiger partial charge in [-0.05, 0) is 6.92 Å². The quantitative estimate of drug-likeness (QED) is 0.548. The molecule has 0 atom stereocenters. The maximum Gasteiger partial charge on any atom is 0.203 e. The summed E-state index contributed by atoms with van der Waals surface area (Å²) in [5.41, 5.74) is 4.19. The van der Waals surface area contributed by atoms with Gasteiger partial charge in [0.25, 0.3) is 0 Å². The van der Waals surface area contributed by atoms with E-state index in [1.54, 1.807) is 39.7 Å². The van der Waals surface area contributed by atoms with Crippen molar-refractivity contribution in [1.82, 2.24) is 4.98 Å². The lowest BCUT2D eigenvalue weighted by atomic mass is 10.1. The van der Waals surface area contributed by atoms with Gasteiger partial charge in [0.1, 0.15) is 16.6 Å². The molecule has 2 aromatic carbocycles. The van der Waals surface area contributed by atoms with E-state index in [4.69, 9.17) is 14.2 Å². The summed E-state index contributed by atoms with van der Waals surface area (Å²) in [6.07, 6.45) is 1.62. The van der Waals surface area contributed by atoms with E-state index in [0.717, 1.165) is 11.3 Å². The lowest BCUT2D eigenvalue weighted by molar-refractivity contribution is 0.324. The summed E-state index contributed by atoms with van der Waals surface area (Å²) in [5.74, 6) is 1.56. The van der Waals surface area contributed by atoms with Crippen LogP contribution in [0.4, 0.5) is 5.69 Å². The number of hydrogen-bond donors (Lipinski definition) is 1. The minimum atomic E-state index is 0.433. The number of aromatic nitrogens is 1. The maximum absolute atomic E-state index is 9.60. The zero-order chi connectivity index (χ0) is 20.8. The summed E-state index contributed by atoms with van der Waals surface area (Å²) in [4.78, 5) is 4.61. The van der Waals surface area contributed by atoms with Gasteiger partial charge in [-0.15, -0.1) is 11.3 Å². The third-order valence-corrected chi connectivity index (χ3v) is 5.13. The smallest absolute Gasteiger partial charge is 0.203 e. The van der Waals surface area contributed by atoms with Crippen molar-refractivity contribution < 1.29 is 14.2 Å². The van der Waals surface area contributed by atoms with Gasteiger partial charge in [0, 0.05) is 35.0 Å². The Balaban J connectivity index is 1.86. The summed E-state index contributed by atoms with van der Waals surface area (Å²) in [6, 6.07) is 13.9. The van der Waals surface area contributed by atoms with Crippen LogP contribution in [0.1, 0.15) is 10.6 Å². The first kappa shape index (κ1) is 20.2. The molecule has 7 heteroatoms. The van der Waals surface area contributed by atoms with Crippen molar-refractivity contribution in [2.75, 3.05) is 26.6 Å². The zero-order valence-corrected chi connectivity index (χ0v) is 17.5. The Labute approximate surface area is 174 Å². The SMILES string of the molecule is COc1cc(NC=C(C#N)c2nc(-c3ccc(C)cc3)cs2)cc(OC)c1OC. The Morgan fingerprint density at radius 3 is 2.28 bits per heavy atom. The Morgan fingerprint density at radius 1 is 1.07 bits per heavy atom. The Kier molecular flexibility index (Phi) is 6.37. The number of allylic oxidation sites excluding steroid dienone is 1. The Hall–Kier alpha value is -3.50. The monoisotopic (exact) mass is 407 g/mol. The largest absolute Gasteiger partial charge is 0.493 e. The fraction of sp³-hybridized carbons (Fsp3) is 0.182. The number of anilines is 1. The van der Waals surface area contributed by atoms with Gasteiger partial charge in [-0.2, -0.15) is 5.26 Å². The summed E-state index contributed by atoms with van der Waals surface area (Å²) >= 11 is 1.43. The van der Waals surface area contributed by atoms with E-state index in [1.807, 2.05) is 36.6 Å². The van der Waals surface area contributed by atoms with Gasteiger partial charge in [0.2, 0.25) is 5.75 Å². The summed E-state index contributed by atoms with van der Waals surface area (Å²) in [6.45, 7) is 2.04. The van der Waals surface area contributed by atoms with Gasteiger partial charge >= 0.3 is 0 Å². The molecule has 148 valence electrons. The molecule has 1 N–H and O–H groups in total. The van der Waals surface area contributed by atoms with Crippen molar-refractivity contribution in [2.45, 2.75) is 6.92 Å². The average Bonchev–Trinajstić information content (AvgIpc) is 3.23. The van der Waals surface area contributed by atoms with Crippen molar-refractivity contribution in [1.29, 1.82) is 5.26 Å². The molecule has 1 heterocycles. The predicted octanol–water partition coefficient (Wildman–Crippen LogP) is 5.12. The van der Waals surface area contributed by atoms with Crippen LogP contribution >= 0.6 is 11.3 Å². The van der Waals surface area contributed by atoms with Gasteiger partial charge in [-0.25, -0.2) is 4.98 Å². The lowest BCUT2D eigenvalue weighted by Crippen LogP contribution is -1.98. The van der Waals surface area contributed by atoms with E-state index in [2.05, 4.69) is 16.4 Å². The number of nitrogens with zero attached hydrogens (tertiary/aromatic N) is 2.